The fourth-order valence-corrected chi connectivity index (χ4v) is 4.11. The van der Waals surface area contributed by atoms with E-state index < -0.39 is 0 Å². The molecule has 0 amide bonds. The summed E-state index contributed by atoms with van der Waals surface area (Å²) in [5.74, 6) is 0.551. The van der Waals surface area contributed by atoms with Gasteiger partial charge in [-0.2, -0.15) is 0 Å². The minimum absolute atomic E-state index is 0.0891. The highest BCUT2D eigenvalue weighted by atomic mass is 16.5. The monoisotopic (exact) mass is 254 g/mol. The van der Waals surface area contributed by atoms with E-state index >= 15 is 0 Å². The molecule has 0 aromatic heterocycles. The number of nitrogens with two attached hydrogens (primary N) is 1. The number of hydrogen-bond acceptors (Lipinski definition) is 3. The predicted molar refractivity (Wildman–Crippen MR) is 75.5 cm³/mol. The maximum Gasteiger partial charge on any atom is 0.0691 e. The standard InChI is InChI=1S/C15H30N2O/c1-13(2,3)9-17(6)10-15(16)11-7-8-18-12(11)14(15,4)5/h11-12H,7-10,16H2,1-6H3. The third-order valence-electron chi connectivity index (χ3n) is 4.94. The van der Waals surface area contributed by atoms with Crippen LogP contribution < -0.4 is 5.73 Å². The number of rotatable bonds is 3. The Bertz CT molecular complexity index is 321. The van der Waals surface area contributed by atoms with Gasteiger partial charge in [-0.15, -0.1) is 0 Å². The van der Waals surface area contributed by atoms with Crippen LogP contribution in [-0.4, -0.2) is 43.3 Å². The molecule has 0 radical (unpaired) electrons. The highest BCUT2D eigenvalue weighted by Gasteiger charge is 2.67. The maximum atomic E-state index is 6.76. The predicted octanol–water partition coefficient (Wildman–Crippen LogP) is 2.11. The summed E-state index contributed by atoms with van der Waals surface area (Å²) in [5, 5.41) is 0. The lowest BCUT2D eigenvalue weighted by Gasteiger charge is -2.63. The second kappa shape index (κ2) is 4.19. The summed E-state index contributed by atoms with van der Waals surface area (Å²) in [4.78, 5) is 2.40. The zero-order valence-electron chi connectivity index (χ0n) is 12.9. The molecule has 18 heavy (non-hydrogen) atoms. The third kappa shape index (κ3) is 2.10. The average molecular weight is 254 g/mol. The molecule has 0 bridgehead atoms. The summed E-state index contributed by atoms with van der Waals surface area (Å²) < 4.78 is 5.85. The lowest BCUT2D eigenvalue weighted by Crippen LogP contribution is -2.78. The van der Waals surface area contributed by atoms with E-state index in [1.165, 1.54) is 0 Å². The van der Waals surface area contributed by atoms with Crippen LogP contribution in [0.1, 0.15) is 41.0 Å². The first kappa shape index (κ1) is 14.3. The van der Waals surface area contributed by atoms with Crippen LogP contribution in [0, 0.1) is 16.7 Å². The number of nitrogens with zero attached hydrogens (tertiary/aromatic N) is 1. The Morgan fingerprint density at radius 1 is 1.33 bits per heavy atom. The van der Waals surface area contributed by atoms with E-state index in [1.54, 1.807) is 0 Å². The first-order chi connectivity index (χ1) is 8.08. The Balaban J connectivity index is 2.04. The van der Waals surface area contributed by atoms with Gasteiger partial charge < -0.3 is 15.4 Å². The molecule has 3 nitrogen and oxygen atoms in total. The molecule has 2 fully saturated rings. The van der Waals surface area contributed by atoms with Gasteiger partial charge in [0, 0.05) is 36.6 Å². The van der Waals surface area contributed by atoms with Gasteiger partial charge >= 0.3 is 0 Å². The number of hydrogen-bond donors (Lipinski definition) is 1. The van der Waals surface area contributed by atoms with Gasteiger partial charge in [-0.05, 0) is 18.9 Å². The summed E-state index contributed by atoms with van der Waals surface area (Å²) in [6.45, 7) is 14.3. The van der Waals surface area contributed by atoms with Crippen molar-refractivity contribution in [3.8, 4) is 0 Å². The van der Waals surface area contributed by atoms with Crippen LogP contribution in [0.15, 0.2) is 0 Å². The van der Waals surface area contributed by atoms with E-state index in [1.807, 2.05) is 0 Å². The topological polar surface area (TPSA) is 38.5 Å². The van der Waals surface area contributed by atoms with E-state index in [9.17, 15) is 0 Å². The van der Waals surface area contributed by atoms with Gasteiger partial charge in [0.2, 0.25) is 0 Å². The molecular weight excluding hydrogens is 224 g/mol. The van der Waals surface area contributed by atoms with E-state index in [-0.39, 0.29) is 11.0 Å². The van der Waals surface area contributed by atoms with Crippen molar-refractivity contribution < 1.29 is 4.74 Å². The highest BCUT2D eigenvalue weighted by Crippen LogP contribution is 2.58. The zero-order chi connectivity index (χ0) is 13.8. The van der Waals surface area contributed by atoms with Crippen LogP contribution in [0.2, 0.25) is 0 Å². The number of likely N-dealkylation sites (N-methyl/N-ethyl adjacent to an activating group) is 1. The minimum atomic E-state index is -0.0891. The minimum Gasteiger partial charge on any atom is -0.377 e. The van der Waals surface area contributed by atoms with Gasteiger partial charge in [0.25, 0.3) is 0 Å². The Morgan fingerprint density at radius 2 is 1.94 bits per heavy atom. The average Bonchev–Trinajstić information content (AvgIpc) is 2.60. The van der Waals surface area contributed by atoms with Crippen molar-refractivity contribution in [1.82, 2.24) is 4.90 Å². The van der Waals surface area contributed by atoms with Crippen molar-refractivity contribution in [2.45, 2.75) is 52.7 Å². The molecule has 3 unspecified atom stereocenters. The van der Waals surface area contributed by atoms with Gasteiger partial charge in [-0.3, -0.25) is 0 Å². The van der Waals surface area contributed by atoms with Gasteiger partial charge in [-0.1, -0.05) is 34.6 Å². The highest BCUT2D eigenvalue weighted by molar-refractivity contribution is 5.21. The van der Waals surface area contributed by atoms with Crippen molar-refractivity contribution in [1.29, 1.82) is 0 Å². The first-order valence-corrected chi connectivity index (χ1v) is 7.17. The quantitative estimate of drug-likeness (QED) is 0.838. The summed E-state index contributed by atoms with van der Waals surface area (Å²) in [6, 6.07) is 0. The van der Waals surface area contributed by atoms with Crippen molar-refractivity contribution in [2.24, 2.45) is 22.5 Å². The fraction of sp³-hybridized carbons (Fsp3) is 1.00. The van der Waals surface area contributed by atoms with Crippen molar-refractivity contribution in [2.75, 3.05) is 26.7 Å². The molecule has 1 saturated carbocycles. The molecular formula is C15H30N2O. The van der Waals surface area contributed by atoms with Gasteiger partial charge in [-0.25, -0.2) is 0 Å². The fourth-order valence-electron chi connectivity index (χ4n) is 4.11. The summed E-state index contributed by atoms with van der Waals surface area (Å²) in [5.41, 5.74) is 7.10. The smallest absolute Gasteiger partial charge is 0.0691 e. The number of fused-ring (bicyclic) bond motifs is 1. The molecule has 2 N–H and O–H groups in total. The molecule has 2 aliphatic rings. The van der Waals surface area contributed by atoms with E-state index in [0.29, 0.717) is 17.4 Å². The summed E-state index contributed by atoms with van der Waals surface area (Å²) >= 11 is 0. The molecule has 3 atom stereocenters. The Morgan fingerprint density at radius 3 is 2.50 bits per heavy atom. The summed E-state index contributed by atoms with van der Waals surface area (Å²) in [6.07, 6.45) is 1.51. The second-order valence-corrected chi connectivity index (χ2v) is 8.18. The molecule has 1 heterocycles. The second-order valence-electron chi connectivity index (χ2n) is 8.18. The molecule has 106 valence electrons. The normalized spacial score (nSPS) is 38.7. The first-order valence-electron chi connectivity index (χ1n) is 7.17. The maximum absolute atomic E-state index is 6.76. The van der Waals surface area contributed by atoms with E-state index in [0.717, 1.165) is 26.1 Å². The zero-order valence-corrected chi connectivity index (χ0v) is 12.9. The molecule has 2 rings (SSSR count). The van der Waals surface area contributed by atoms with Crippen molar-refractivity contribution in [3.63, 3.8) is 0 Å². The molecule has 0 aromatic rings. The van der Waals surface area contributed by atoms with Gasteiger partial charge in [0.05, 0.1) is 6.10 Å². The molecule has 0 aromatic carbocycles. The SMILES string of the molecule is CN(CC(C)(C)C)CC1(N)C2CCOC2C1(C)C. The molecule has 1 saturated heterocycles. The van der Waals surface area contributed by atoms with Crippen LogP contribution >= 0.6 is 0 Å². The van der Waals surface area contributed by atoms with Gasteiger partial charge in [0.1, 0.15) is 0 Å². The Kier molecular flexibility index (Phi) is 3.33. The van der Waals surface area contributed by atoms with Crippen LogP contribution in [0.25, 0.3) is 0 Å². The van der Waals surface area contributed by atoms with Crippen LogP contribution in [-0.2, 0) is 4.74 Å². The van der Waals surface area contributed by atoms with Crippen molar-refractivity contribution in [3.05, 3.63) is 0 Å². The number of ether oxygens (including phenoxy) is 1. The van der Waals surface area contributed by atoms with Crippen LogP contribution in [0.4, 0.5) is 0 Å². The Hall–Kier alpha value is -0.120. The molecule has 1 aliphatic carbocycles. The molecule has 1 aliphatic heterocycles. The Labute approximate surface area is 112 Å². The lowest BCUT2D eigenvalue weighted by molar-refractivity contribution is -0.162. The van der Waals surface area contributed by atoms with Crippen LogP contribution in [0.5, 0.6) is 0 Å². The van der Waals surface area contributed by atoms with E-state index in [2.05, 4.69) is 46.6 Å². The lowest BCUT2D eigenvalue weighted by atomic mass is 9.48. The van der Waals surface area contributed by atoms with Crippen LogP contribution in [0.3, 0.4) is 0 Å². The van der Waals surface area contributed by atoms with Crippen molar-refractivity contribution >= 4 is 0 Å². The van der Waals surface area contributed by atoms with Gasteiger partial charge in [0.15, 0.2) is 0 Å². The van der Waals surface area contributed by atoms with E-state index in [4.69, 9.17) is 10.5 Å². The molecule has 0 spiro atoms. The third-order valence-corrected chi connectivity index (χ3v) is 4.94. The summed E-state index contributed by atoms with van der Waals surface area (Å²) in [7, 11) is 2.19. The largest absolute Gasteiger partial charge is 0.377 e. The molecule has 3 heteroatoms.